The summed E-state index contributed by atoms with van der Waals surface area (Å²) in [6.45, 7) is 4.54. The van der Waals surface area contributed by atoms with Gasteiger partial charge in [0.05, 0.1) is 12.9 Å². The number of nitrogens with zero attached hydrogens (tertiary/aromatic N) is 1. The molecule has 0 bridgehead atoms. The molecule has 1 unspecified atom stereocenters. The van der Waals surface area contributed by atoms with Gasteiger partial charge in [0.25, 0.3) is 0 Å². The minimum atomic E-state index is -2.94. The molecule has 0 amide bonds. The number of methoxy groups -OCH3 is 1. The SMILES string of the molecule is CN=C(NCc1ccc(C)c(OC)c1)NC(C)CCS(C)(=O)=O.I. The third-order valence-corrected chi connectivity index (χ3v) is 4.44. The summed E-state index contributed by atoms with van der Waals surface area (Å²) in [4.78, 5) is 4.16. The van der Waals surface area contributed by atoms with Gasteiger partial charge in [-0.15, -0.1) is 24.0 Å². The highest BCUT2D eigenvalue weighted by Gasteiger charge is 2.09. The molecule has 0 aliphatic rings. The van der Waals surface area contributed by atoms with E-state index in [1.165, 1.54) is 6.26 Å². The molecule has 24 heavy (non-hydrogen) atoms. The van der Waals surface area contributed by atoms with E-state index >= 15 is 0 Å². The molecule has 8 heteroatoms. The summed E-state index contributed by atoms with van der Waals surface area (Å²) in [6.07, 6.45) is 1.79. The maximum absolute atomic E-state index is 11.2. The molecule has 1 atom stereocenters. The molecule has 138 valence electrons. The van der Waals surface area contributed by atoms with Crippen LogP contribution in [-0.2, 0) is 16.4 Å². The first-order chi connectivity index (χ1) is 10.7. The second-order valence-electron chi connectivity index (χ2n) is 5.69. The molecule has 0 aliphatic heterocycles. The molecule has 0 spiro atoms. The van der Waals surface area contributed by atoms with Crippen LogP contribution in [0.4, 0.5) is 0 Å². The van der Waals surface area contributed by atoms with E-state index in [4.69, 9.17) is 4.74 Å². The molecule has 0 saturated carbocycles. The lowest BCUT2D eigenvalue weighted by Gasteiger charge is -2.18. The highest BCUT2D eigenvalue weighted by Crippen LogP contribution is 2.18. The quantitative estimate of drug-likeness (QED) is 0.363. The van der Waals surface area contributed by atoms with Crippen LogP contribution in [0.5, 0.6) is 5.75 Å². The number of halogens is 1. The molecular weight excluding hydrogens is 441 g/mol. The zero-order valence-electron chi connectivity index (χ0n) is 14.9. The van der Waals surface area contributed by atoms with Crippen molar-refractivity contribution in [3.05, 3.63) is 29.3 Å². The topological polar surface area (TPSA) is 79.8 Å². The molecule has 1 aromatic carbocycles. The van der Waals surface area contributed by atoms with E-state index in [9.17, 15) is 8.42 Å². The molecule has 1 rings (SSSR count). The van der Waals surface area contributed by atoms with Crippen LogP contribution in [0, 0.1) is 6.92 Å². The van der Waals surface area contributed by atoms with Gasteiger partial charge in [0.1, 0.15) is 15.6 Å². The maximum atomic E-state index is 11.2. The standard InChI is InChI=1S/C16H27N3O3S.HI/c1-12-6-7-14(10-15(12)22-4)11-18-16(17-3)19-13(2)8-9-23(5,20)21;/h6-7,10,13H,8-9,11H2,1-5H3,(H2,17,18,19);1H. The Balaban J connectivity index is 0.00000529. The largest absolute Gasteiger partial charge is 0.496 e. The van der Waals surface area contributed by atoms with Crippen LogP contribution < -0.4 is 15.4 Å². The highest BCUT2D eigenvalue weighted by atomic mass is 127. The Morgan fingerprint density at radius 1 is 1.38 bits per heavy atom. The van der Waals surface area contributed by atoms with Crippen molar-refractivity contribution in [3.63, 3.8) is 0 Å². The van der Waals surface area contributed by atoms with E-state index in [2.05, 4.69) is 15.6 Å². The van der Waals surface area contributed by atoms with Crippen LogP contribution in [-0.4, -0.2) is 46.6 Å². The summed E-state index contributed by atoms with van der Waals surface area (Å²) in [5.41, 5.74) is 2.17. The molecular formula is C16H28IN3O3S. The minimum absolute atomic E-state index is 0. The average Bonchev–Trinajstić information content (AvgIpc) is 2.50. The van der Waals surface area contributed by atoms with Gasteiger partial charge in [0.2, 0.25) is 0 Å². The van der Waals surface area contributed by atoms with E-state index in [-0.39, 0.29) is 35.8 Å². The zero-order valence-corrected chi connectivity index (χ0v) is 18.1. The second kappa shape index (κ2) is 10.8. The van der Waals surface area contributed by atoms with Gasteiger partial charge in [-0.05, 0) is 37.5 Å². The second-order valence-corrected chi connectivity index (χ2v) is 7.95. The van der Waals surface area contributed by atoms with Gasteiger partial charge in [-0.1, -0.05) is 12.1 Å². The van der Waals surface area contributed by atoms with Crippen molar-refractivity contribution < 1.29 is 13.2 Å². The Hall–Kier alpha value is -1.03. The predicted molar refractivity (Wildman–Crippen MR) is 110 cm³/mol. The number of aryl methyl sites for hydroxylation is 1. The third kappa shape index (κ3) is 8.72. The molecule has 0 heterocycles. The number of ether oxygens (including phenoxy) is 1. The van der Waals surface area contributed by atoms with Crippen molar-refractivity contribution >= 4 is 39.8 Å². The lowest BCUT2D eigenvalue weighted by Crippen LogP contribution is -2.42. The van der Waals surface area contributed by atoms with Crippen molar-refractivity contribution in [2.75, 3.05) is 26.2 Å². The fraction of sp³-hybridized carbons (Fsp3) is 0.562. The normalized spacial score (nSPS) is 13.0. The molecule has 0 fully saturated rings. The predicted octanol–water partition coefficient (Wildman–Crippen LogP) is 2.11. The van der Waals surface area contributed by atoms with Crippen LogP contribution >= 0.6 is 24.0 Å². The first-order valence-corrected chi connectivity index (χ1v) is 9.59. The van der Waals surface area contributed by atoms with Crippen LogP contribution in [0.1, 0.15) is 24.5 Å². The molecule has 1 aromatic rings. The van der Waals surface area contributed by atoms with Gasteiger partial charge in [-0.2, -0.15) is 0 Å². The smallest absolute Gasteiger partial charge is 0.191 e. The van der Waals surface area contributed by atoms with E-state index in [0.717, 1.165) is 16.9 Å². The number of guanidine groups is 1. The Bertz CT molecular complexity index is 648. The number of nitrogens with one attached hydrogen (secondary N) is 2. The van der Waals surface area contributed by atoms with Gasteiger partial charge in [0, 0.05) is 25.9 Å². The number of rotatable bonds is 7. The maximum Gasteiger partial charge on any atom is 0.191 e. The summed E-state index contributed by atoms with van der Waals surface area (Å²) in [5.74, 6) is 1.66. The van der Waals surface area contributed by atoms with Crippen LogP contribution in [0.2, 0.25) is 0 Å². The van der Waals surface area contributed by atoms with Gasteiger partial charge in [-0.3, -0.25) is 4.99 Å². The summed E-state index contributed by atoms with van der Waals surface area (Å²) in [5, 5.41) is 6.41. The van der Waals surface area contributed by atoms with E-state index in [1.807, 2.05) is 32.0 Å². The Morgan fingerprint density at radius 3 is 2.58 bits per heavy atom. The van der Waals surface area contributed by atoms with Crippen LogP contribution in [0.3, 0.4) is 0 Å². The van der Waals surface area contributed by atoms with Gasteiger partial charge in [0.15, 0.2) is 5.96 Å². The van der Waals surface area contributed by atoms with Gasteiger partial charge >= 0.3 is 0 Å². The average molecular weight is 469 g/mol. The fourth-order valence-electron chi connectivity index (χ4n) is 2.05. The van der Waals surface area contributed by atoms with Crippen LogP contribution in [0.15, 0.2) is 23.2 Å². The number of aliphatic imine (C=N–C) groups is 1. The Kier molecular flexibility index (Phi) is 10.3. The third-order valence-electron chi connectivity index (χ3n) is 3.46. The van der Waals surface area contributed by atoms with Crippen molar-refractivity contribution in [3.8, 4) is 5.75 Å². The lowest BCUT2D eigenvalue weighted by molar-refractivity contribution is 0.411. The summed E-state index contributed by atoms with van der Waals surface area (Å²) in [7, 11) is 0.402. The Labute approximate surface area is 162 Å². The lowest BCUT2D eigenvalue weighted by atomic mass is 10.1. The molecule has 0 radical (unpaired) electrons. The first-order valence-electron chi connectivity index (χ1n) is 7.53. The van der Waals surface area contributed by atoms with E-state index in [0.29, 0.717) is 18.9 Å². The van der Waals surface area contributed by atoms with Crippen molar-refractivity contribution in [2.45, 2.75) is 32.9 Å². The van der Waals surface area contributed by atoms with Crippen molar-refractivity contribution in [1.29, 1.82) is 0 Å². The molecule has 0 aliphatic carbocycles. The van der Waals surface area contributed by atoms with E-state index in [1.54, 1.807) is 14.2 Å². The first kappa shape index (κ1) is 23.0. The molecule has 0 saturated heterocycles. The Morgan fingerprint density at radius 2 is 2.04 bits per heavy atom. The summed E-state index contributed by atoms with van der Waals surface area (Å²) < 4.78 is 27.7. The monoisotopic (exact) mass is 469 g/mol. The summed E-state index contributed by atoms with van der Waals surface area (Å²) in [6, 6.07) is 6.05. The fourth-order valence-corrected chi connectivity index (χ4v) is 2.83. The molecule has 6 nitrogen and oxygen atoms in total. The van der Waals surface area contributed by atoms with Gasteiger partial charge in [-0.25, -0.2) is 8.42 Å². The number of sulfone groups is 1. The van der Waals surface area contributed by atoms with E-state index < -0.39 is 9.84 Å². The van der Waals surface area contributed by atoms with Crippen molar-refractivity contribution in [1.82, 2.24) is 10.6 Å². The highest BCUT2D eigenvalue weighted by molar-refractivity contribution is 14.0. The number of benzene rings is 1. The summed E-state index contributed by atoms with van der Waals surface area (Å²) >= 11 is 0. The van der Waals surface area contributed by atoms with Gasteiger partial charge < -0.3 is 15.4 Å². The molecule has 0 aromatic heterocycles. The number of hydrogen-bond donors (Lipinski definition) is 2. The zero-order chi connectivity index (χ0) is 17.5. The molecule has 2 N–H and O–H groups in total. The van der Waals surface area contributed by atoms with Crippen molar-refractivity contribution in [2.24, 2.45) is 4.99 Å². The minimum Gasteiger partial charge on any atom is -0.496 e. The van der Waals surface area contributed by atoms with Crippen LogP contribution in [0.25, 0.3) is 0 Å². The number of hydrogen-bond acceptors (Lipinski definition) is 4.